The number of fused-ring (bicyclic) bond motifs is 1. The Kier molecular flexibility index (Phi) is 6.29. The molecule has 0 aliphatic carbocycles. The number of carboxylic acid groups (broad SMARTS) is 1. The lowest BCUT2D eigenvalue weighted by Gasteiger charge is -2.10. The van der Waals surface area contributed by atoms with E-state index in [1.165, 1.54) is 12.3 Å². The fraction of sp³-hybridized carbons (Fsp3) is 0.238. The summed E-state index contributed by atoms with van der Waals surface area (Å²) in [6.45, 7) is 2.10. The first-order chi connectivity index (χ1) is 14.3. The van der Waals surface area contributed by atoms with Gasteiger partial charge in [0.05, 0.1) is 11.8 Å². The van der Waals surface area contributed by atoms with Gasteiger partial charge in [-0.2, -0.15) is 13.2 Å². The number of aliphatic carboxylic acids is 1. The molecule has 3 rings (SSSR count). The molecule has 158 valence electrons. The van der Waals surface area contributed by atoms with Gasteiger partial charge in [0.15, 0.2) is 0 Å². The van der Waals surface area contributed by atoms with E-state index in [4.69, 9.17) is 14.7 Å². The fourth-order valence-corrected chi connectivity index (χ4v) is 2.95. The van der Waals surface area contributed by atoms with Gasteiger partial charge in [-0.15, -0.1) is 0 Å². The number of alkyl halides is 3. The van der Waals surface area contributed by atoms with Crippen LogP contribution in [0.3, 0.4) is 0 Å². The van der Waals surface area contributed by atoms with Crippen molar-refractivity contribution in [3.05, 3.63) is 65.4 Å². The summed E-state index contributed by atoms with van der Waals surface area (Å²) in [6.07, 6.45) is -1.15. The van der Waals surface area contributed by atoms with Gasteiger partial charge in [-0.25, -0.2) is 4.79 Å². The van der Waals surface area contributed by atoms with Crippen molar-refractivity contribution >= 4 is 23.1 Å². The zero-order valence-corrected chi connectivity index (χ0v) is 16.0. The number of carbonyl (C=O) groups is 1. The maximum absolute atomic E-state index is 12.9. The van der Waals surface area contributed by atoms with E-state index in [0.717, 1.165) is 23.0 Å². The average molecular weight is 420 g/mol. The molecule has 1 heterocycles. The second kappa shape index (κ2) is 8.89. The minimum Gasteiger partial charge on any atom is -0.489 e. The normalized spacial score (nSPS) is 11.9. The molecule has 0 aliphatic heterocycles. The van der Waals surface area contributed by atoms with E-state index in [1.807, 2.05) is 23.8 Å². The van der Waals surface area contributed by atoms with Crippen LogP contribution >= 0.6 is 0 Å². The van der Waals surface area contributed by atoms with E-state index >= 15 is 0 Å². The van der Waals surface area contributed by atoms with Crippen LogP contribution in [-0.4, -0.2) is 28.5 Å². The van der Waals surface area contributed by atoms with Crippen LogP contribution in [0.1, 0.15) is 23.6 Å². The summed E-state index contributed by atoms with van der Waals surface area (Å²) in [5.74, 6) is -0.650. The molecule has 0 bridgehead atoms. The smallest absolute Gasteiger partial charge is 0.416 e. The minimum atomic E-state index is -4.41. The summed E-state index contributed by atoms with van der Waals surface area (Å²) in [5.41, 5.74) is 1.28. The van der Waals surface area contributed by atoms with E-state index in [1.54, 1.807) is 18.2 Å². The third-order valence-corrected chi connectivity index (χ3v) is 4.34. The van der Waals surface area contributed by atoms with Gasteiger partial charge in [-0.1, -0.05) is 17.3 Å². The molecule has 0 aliphatic rings. The summed E-state index contributed by atoms with van der Waals surface area (Å²) in [4.78, 5) is 15.2. The van der Waals surface area contributed by atoms with Crippen molar-refractivity contribution < 1.29 is 32.6 Å². The van der Waals surface area contributed by atoms with Crippen molar-refractivity contribution in [1.29, 1.82) is 0 Å². The monoisotopic (exact) mass is 420 g/mol. The molecule has 30 heavy (non-hydrogen) atoms. The van der Waals surface area contributed by atoms with Crippen LogP contribution in [0.2, 0.25) is 0 Å². The van der Waals surface area contributed by atoms with Gasteiger partial charge in [0, 0.05) is 29.2 Å². The molecule has 0 unspecified atom stereocenters. The summed E-state index contributed by atoms with van der Waals surface area (Å²) < 4.78 is 46.2. The molecule has 9 heteroatoms. The number of aryl methyl sites for hydroxylation is 1. The Morgan fingerprint density at radius 3 is 2.73 bits per heavy atom. The maximum Gasteiger partial charge on any atom is 0.416 e. The number of rotatable bonds is 8. The number of ether oxygens (including phenoxy) is 1. The minimum absolute atomic E-state index is 0.0188. The van der Waals surface area contributed by atoms with Gasteiger partial charge in [0.2, 0.25) is 6.61 Å². The average Bonchev–Trinajstić information content (AvgIpc) is 3.06. The molecule has 0 saturated carbocycles. The highest BCUT2D eigenvalue weighted by molar-refractivity contribution is 5.99. The number of nitrogens with zero attached hydrogens (tertiary/aromatic N) is 2. The van der Waals surface area contributed by atoms with Crippen LogP contribution in [0, 0.1) is 0 Å². The Bertz CT molecular complexity index is 1070. The molecule has 0 amide bonds. The van der Waals surface area contributed by atoms with Crippen molar-refractivity contribution in [3.63, 3.8) is 0 Å². The molecular formula is C21H19F3N2O4. The first-order valence-electron chi connectivity index (χ1n) is 9.07. The molecule has 1 N–H and O–H groups in total. The molecule has 0 radical (unpaired) electrons. The summed E-state index contributed by atoms with van der Waals surface area (Å²) >= 11 is 0. The Morgan fingerprint density at radius 1 is 1.23 bits per heavy atom. The number of benzene rings is 2. The largest absolute Gasteiger partial charge is 0.489 e. The lowest BCUT2D eigenvalue weighted by molar-refractivity contribution is -0.142. The maximum atomic E-state index is 12.9. The predicted molar refractivity (Wildman–Crippen MR) is 105 cm³/mol. The Morgan fingerprint density at radius 2 is 2.03 bits per heavy atom. The van der Waals surface area contributed by atoms with Crippen LogP contribution in [0.4, 0.5) is 13.2 Å². The van der Waals surface area contributed by atoms with Crippen molar-refractivity contribution in [2.24, 2.45) is 5.16 Å². The zero-order valence-electron chi connectivity index (χ0n) is 16.0. The SMILES string of the molecule is CCn1cc(/C=N/OCC(=O)O)c2cc(OCc3cccc(C(F)(F)F)c3)ccc21. The second-order valence-corrected chi connectivity index (χ2v) is 6.44. The second-order valence-electron chi connectivity index (χ2n) is 6.44. The highest BCUT2D eigenvalue weighted by Gasteiger charge is 2.30. The number of hydrogen-bond donors (Lipinski definition) is 1. The third-order valence-electron chi connectivity index (χ3n) is 4.34. The van der Waals surface area contributed by atoms with Gasteiger partial charge in [0.1, 0.15) is 12.4 Å². The predicted octanol–water partition coefficient (Wildman–Crippen LogP) is 4.69. The van der Waals surface area contributed by atoms with Crippen LogP contribution < -0.4 is 4.74 Å². The van der Waals surface area contributed by atoms with Crippen molar-refractivity contribution in [3.8, 4) is 5.75 Å². The lowest BCUT2D eigenvalue weighted by Crippen LogP contribution is -2.06. The molecular weight excluding hydrogens is 401 g/mol. The first-order valence-corrected chi connectivity index (χ1v) is 9.07. The highest BCUT2D eigenvalue weighted by Crippen LogP contribution is 2.30. The molecule has 2 aromatic carbocycles. The van der Waals surface area contributed by atoms with Crippen LogP contribution in [0.5, 0.6) is 5.75 Å². The van der Waals surface area contributed by atoms with E-state index in [0.29, 0.717) is 23.4 Å². The van der Waals surface area contributed by atoms with E-state index < -0.39 is 24.3 Å². The van der Waals surface area contributed by atoms with Crippen molar-refractivity contribution in [2.45, 2.75) is 26.3 Å². The van der Waals surface area contributed by atoms with Gasteiger partial charge in [0.25, 0.3) is 0 Å². The number of hydrogen-bond acceptors (Lipinski definition) is 4. The molecule has 6 nitrogen and oxygen atoms in total. The Hall–Kier alpha value is -3.49. The van der Waals surface area contributed by atoms with E-state index in [9.17, 15) is 18.0 Å². The number of aromatic nitrogens is 1. The van der Waals surface area contributed by atoms with Crippen LogP contribution in [-0.2, 0) is 29.0 Å². The number of oxime groups is 1. The molecule has 0 saturated heterocycles. The molecule has 3 aromatic rings. The first kappa shape index (κ1) is 21.2. The summed E-state index contributed by atoms with van der Waals surface area (Å²) in [5, 5.41) is 13.1. The molecule has 0 fully saturated rings. The van der Waals surface area contributed by atoms with Crippen molar-refractivity contribution in [2.75, 3.05) is 6.61 Å². The topological polar surface area (TPSA) is 73.1 Å². The van der Waals surface area contributed by atoms with E-state index in [-0.39, 0.29) is 6.61 Å². The molecule has 0 atom stereocenters. The van der Waals surface area contributed by atoms with Crippen molar-refractivity contribution in [1.82, 2.24) is 4.57 Å². The number of carboxylic acids is 1. The van der Waals surface area contributed by atoms with Crippen LogP contribution in [0.25, 0.3) is 10.9 Å². The highest BCUT2D eigenvalue weighted by atomic mass is 19.4. The van der Waals surface area contributed by atoms with Crippen LogP contribution in [0.15, 0.2) is 53.8 Å². The van der Waals surface area contributed by atoms with Gasteiger partial charge >= 0.3 is 12.1 Å². The summed E-state index contributed by atoms with van der Waals surface area (Å²) in [7, 11) is 0. The Balaban J connectivity index is 1.80. The standard InChI is InChI=1S/C21H19F3N2O4/c1-2-26-11-15(10-25-30-13-20(27)28)18-9-17(6-7-19(18)26)29-12-14-4-3-5-16(8-14)21(22,23)24/h3-11H,2,12-13H2,1H3,(H,27,28)/b25-10+. The molecule has 0 spiro atoms. The Labute approximate surface area is 170 Å². The fourth-order valence-electron chi connectivity index (χ4n) is 2.95. The summed E-state index contributed by atoms with van der Waals surface area (Å²) in [6, 6.07) is 10.3. The zero-order chi connectivity index (χ0) is 21.7. The number of halogens is 3. The third kappa shape index (κ3) is 5.11. The quantitative estimate of drug-likeness (QED) is 0.424. The van der Waals surface area contributed by atoms with Gasteiger partial charge < -0.3 is 19.2 Å². The van der Waals surface area contributed by atoms with Gasteiger partial charge in [-0.05, 0) is 42.8 Å². The lowest BCUT2D eigenvalue weighted by atomic mass is 10.1. The van der Waals surface area contributed by atoms with Gasteiger partial charge in [-0.3, -0.25) is 0 Å². The molecule has 1 aromatic heterocycles. The van der Waals surface area contributed by atoms with E-state index in [2.05, 4.69) is 5.16 Å².